The van der Waals surface area contributed by atoms with E-state index in [-0.39, 0.29) is 17.6 Å². The number of rotatable bonds is 6. The van der Waals surface area contributed by atoms with Gasteiger partial charge >= 0.3 is 0 Å². The van der Waals surface area contributed by atoms with Crippen LogP contribution >= 0.6 is 0 Å². The lowest BCUT2D eigenvalue weighted by Gasteiger charge is -2.30. The van der Waals surface area contributed by atoms with E-state index in [0.717, 1.165) is 31.5 Å². The largest absolute Gasteiger partial charge is 0.372 e. The van der Waals surface area contributed by atoms with Crippen LogP contribution in [0.3, 0.4) is 0 Å². The SMILES string of the molecule is CCS(=O)(=O)N1CCC[C@@H](C(=O)NCc2ccc(N3CCCC3)cc2)C1. The number of carbonyl (C=O) groups excluding carboxylic acids is 1. The molecule has 3 rings (SSSR count). The third-order valence-corrected chi connectivity index (χ3v) is 7.24. The second-order valence-electron chi connectivity index (χ2n) is 7.18. The number of hydrogen-bond acceptors (Lipinski definition) is 4. The molecule has 0 spiro atoms. The molecule has 0 aliphatic carbocycles. The molecule has 1 amide bonds. The first-order chi connectivity index (χ1) is 12.5. The third kappa shape index (κ3) is 4.57. The fraction of sp³-hybridized carbons (Fsp3) is 0.632. The molecule has 1 N–H and O–H groups in total. The van der Waals surface area contributed by atoms with Crippen molar-refractivity contribution < 1.29 is 13.2 Å². The lowest BCUT2D eigenvalue weighted by Crippen LogP contribution is -2.45. The Labute approximate surface area is 156 Å². The van der Waals surface area contributed by atoms with Crippen LogP contribution in [-0.4, -0.2) is 50.6 Å². The van der Waals surface area contributed by atoms with E-state index < -0.39 is 10.0 Å². The summed E-state index contributed by atoms with van der Waals surface area (Å²) in [5.41, 5.74) is 2.31. The molecule has 7 heteroatoms. The van der Waals surface area contributed by atoms with Crippen molar-refractivity contribution in [2.75, 3.05) is 36.8 Å². The number of anilines is 1. The summed E-state index contributed by atoms with van der Waals surface area (Å²) in [6.45, 7) is 5.19. The smallest absolute Gasteiger partial charge is 0.224 e. The van der Waals surface area contributed by atoms with E-state index in [0.29, 0.717) is 19.6 Å². The summed E-state index contributed by atoms with van der Waals surface area (Å²) in [6.07, 6.45) is 3.99. The molecule has 0 saturated carbocycles. The van der Waals surface area contributed by atoms with Crippen LogP contribution in [0.15, 0.2) is 24.3 Å². The van der Waals surface area contributed by atoms with Crippen molar-refractivity contribution in [3.63, 3.8) is 0 Å². The quantitative estimate of drug-likeness (QED) is 0.820. The number of sulfonamides is 1. The molecule has 1 aromatic rings. The van der Waals surface area contributed by atoms with Crippen molar-refractivity contribution in [3.05, 3.63) is 29.8 Å². The molecule has 6 nitrogen and oxygen atoms in total. The van der Waals surface area contributed by atoms with Crippen LogP contribution in [0.1, 0.15) is 38.2 Å². The van der Waals surface area contributed by atoms with Gasteiger partial charge in [0.1, 0.15) is 0 Å². The van der Waals surface area contributed by atoms with Gasteiger partial charge in [0.25, 0.3) is 0 Å². The predicted molar refractivity (Wildman–Crippen MR) is 103 cm³/mol. The first-order valence-electron chi connectivity index (χ1n) is 9.59. The average Bonchev–Trinajstić information content (AvgIpc) is 3.21. The van der Waals surface area contributed by atoms with Crippen molar-refractivity contribution in [2.45, 2.75) is 39.2 Å². The van der Waals surface area contributed by atoms with Crippen LogP contribution in [0.4, 0.5) is 5.69 Å². The van der Waals surface area contributed by atoms with E-state index >= 15 is 0 Å². The van der Waals surface area contributed by atoms with Crippen LogP contribution in [0.2, 0.25) is 0 Å². The van der Waals surface area contributed by atoms with Gasteiger partial charge < -0.3 is 10.2 Å². The van der Waals surface area contributed by atoms with E-state index in [2.05, 4.69) is 34.5 Å². The zero-order chi connectivity index (χ0) is 18.6. The van der Waals surface area contributed by atoms with E-state index in [4.69, 9.17) is 0 Å². The molecule has 2 aliphatic heterocycles. The van der Waals surface area contributed by atoms with Gasteiger partial charge in [-0.15, -0.1) is 0 Å². The Hall–Kier alpha value is -1.60. The van der Waals surface area contributed by atoms with E-state index in [1.54, 1.807) is 6.92 Å². The lowest BCUT2D eigenvalue weighted by atomic mass is 9.99. The Bertz CT molecular complexity index is 712. The molecule has 0 unspecified atom stereocenters. The normalized spacial score (nSPS) is 21.7. The molecule has 1 aromatic carbocycles. The van der Waals surface area contributed by atoms with Crippen LogP contribution in [0.25, 0.3) is 0 Å². The van der Waals surface area contributed by atoms with Crippen LogP contribution < -0.4 is 10.2 Å². The Morgan fingerprint density at radius 1 is 1.12 bits per heavy atom. The maximum atomic E-state index is 12.5. The molecule has 0 radical (unpaired) electrons. The summed E-state index contributed by atoms with van der Waals surface area (Å²) in [5, 5.41) is 2.97. The lowest BCUT2D eigenvalue weighted by molar-refractivity contribution is -0.126. The number of nitrogens with one attached hydrogen (secondary N) is 1. The highest BCUT2D eigenvalue weighted by Gasteiger charge is 2.31. The summed E-state index contributed by atoms with van der Waals surface area (Å²) in [4.78, 5) is 14.8. The number of nitrogens with zero attached hydrogens (tertiary/aromatic N) is 2. The number of benzene rings is 1. The Morgan fingerprint density at radius 3 is 2.46 bits per heavy atom. The third-order valence-electron chi connectivity index (χ3n) is 5.39. The highest BCUT2D eigenvalue weighted by molar-refractivity contribution is 7.89. The first-order valence-corrected chi connectivity index (χ1v) is 11.2. The van der Waals surface area contributed by atoms with Gasteiger partial charge in [-0.2, -0.15) is 0 Å². The maximum Gasteiger partial charge on any atom is 0.224 e. The van der Waals surface area contributed by atoms with Crippen molar-refractivity contribution >= 4 is 21.6 Å². The Balaban J connectivity index is 1.51. The zero-order valence-electron chi connectivity index (χ0n) is 15.5. The van der Waals surface area contributed by atoms with E-state index in [1.165, 1.54) is 22.8 Å². The van der Waals surface area contributed by atoms with Crippen molar-refractivity contribution in [3.8, 4) is 0 Å². The molecule has 1 atom stereocenters. The molecule has 2 fully saturated rings. The van der Waals surface area contributed by atoms with Gasteiger partial charge in [0.05, 0.1) is 11.7 Å². The Kier molecular flexibility index (Phi) is 6.19. The number of hydrogen-bond donors (Lipinski definition) is 1. The highest BCUT2D eigenvalue weighted by atomic mass is 32.2. The zero-order valence-corrected chi connectivity index (χ0v) is 16.3. The maximum absolute atomic E-state index is 12.5. The van der Waals surface area contributed by atoms with Gasteiger partial charge in [0.15, 0.2) is 0 Å². The fourth-order valence-electron chi connectivity index (χ4n) is 3.73. The van der Waals surface area contributed by atoms with Crippen molar-refractivity contribution in [1.82, 2.24) is 9.62 Å². The molecular weight excluding hydrogens is 350 g/mol. The molecular formula is C19H29N3O3S. The molecule has 2 saturated heterocycles. The van der Waals surface area contributed by atoms with Gasteiger partial charge in [-0.3, -0.25) is 4.79 Å². The van der Waals surface area contributed by atoms with Gasteiger partial charge in [-0.1, -0.05) is 12.1 Å². The topological polar surface area (TPSA) is 69.7 Å². The van der Waals surface area contributed by atoms with Crippen LogP contribution in [-0.2, 0) is 21.4 Å². The van der Waals surface area contributed by atoms with Gasteiger partial charge in [-0.25, -0.2) is 12.7 Å². The minimum Gasteiger partial charge on any atom is -0.372 e. The minimum absolute atomic E-state index is 0.0513. The van der Waals surface area contributed by atoms with Gasteiger partial charge in [-0.05, 0) is 50.3 Å². The van der Waals surface area contributed by atoms with E-state index in [1.807, 2.05) is 0 Å². The molecule has 0 aromatic heterocycles. The molecule has 0 bridgehead atoms. The summed E-state index contributed by atoms with van der Waals surface area (Å²) >= 11 is 0. The van der Waals surface area contributed by atoms with Gasteiger partial charge in [0, 0.05) is 38.4 Å². The molecule has 2 heterocycles. The number of carbonyl (C=O) groups is 1. The highest BCUT2D eigenvalue weighted by Crippen LogP contribution is 2.21. The van der Waals surface area contributed by atoms with Crippen molar-refractivity contribution in [1.29, 1.82) is 0 Å². The predicted octanol–water partition coefficient (Wildman–Crippen LogP) is 1.96. The monoisotopic (exact) mass is 379 g/mol. The molecule has 2 aliphatic rings. The first kappa shape index (κ1) is 19.2. The summed E-state index contributed by atoms with van der Waals surface area (Å²) in [7, 11) is -3.22. The second kappa shape index (κ2) is 8.39. The number of amides is 1. The van der Waals surface area contributed by atoms with E-state index in [9.17, 15) is 13.2 Å². The fourth-order valence-corrected chi connectivity index (χ4v) is 4.90. The van der Waals surface area contributed by atoms with Crippen molar-refractivity contribution in [2.24, 2.45) is 5.92 Å². The standard InChI is InChI=1S/C19H29N3O3S/c1-2-26(24,25)22-13-5-6-17(15-22)19(23)20-14-16-7-9-18(10-8-16)21-11-3-4-12-21/h7-10,17H,2-6,11-15H2,1H3,(H,20,23)/t17-/m1/s1. The Morgan fingerprint density at radius 2 is 1.81 bits per heavy atom. The van der Waals surface area contributed by atoms with Crippen LogP contribution in [0, 0.1) is 5.92 Å². The molecule has 26 heavy (non-hydrogen) atoms. The summed E-state index contributed by atoms with van der Waals surface area (Å²) in [6, 6.07) is 8.34. The number of piperidine rings is 1. The average molecular weight is 380 g/mol. The second-order valence-corrected chi connectivity index (χ2v) is 9.43. The molecule has 144 valence electrons. The minimum atomic E-state index is -3.22. The summed E-state index contributed by atoms with van der Waals surface area (Å²) < 4.78 is 25.5. The summed E-state index contributed by atoms with van der Waals surface area (Å²) in [5.74, 6) is -0.219. The van der Waals surface area contributed by atoms with Crippen LogP contribution in [0.5, 0.6) is 0 Å². The van der Waals surface area contributed by atoms with Gasteiger partial charge in [0.2, 0.25) is 15.9 Å².